The van der Waals surface area contributed by atoms with E-state index in [-0.39, 0.29) is 0 Å². The maximum absolute atomic E-state index is 5.35. The van der Waals surface area contributed by atoms with Crippen LogP contribution in [0.1, 0.15) is 0 Å². The third-order valence-electron chi connectivity index (χ3n) is 4.61. The summed E-state index contributed by atoms with van der Waals surface area (Å²) in [4.78, 5) is 17.9. The van der Waals surface area contributed by atoms with E-state index in [9.17, 15) is 0 Å². The van der Waals surface area contributed by atoms with Gasteiger partial charge in [0.2, 0.25) is 23.7 Å². The quantitative estimate of drug-likeness (QED) is 0.318. The first-order valence-corrected chi connectivity index (χ1v) is 9.81. The molecule has 10 nitrogen and oxygen atoms in total. The van der Waals surface area contributed by atoms with Crippen LogP contribution in [0.15, 0.2) is 60.7 Å². The first-order valence-electron chi connectivity index (χ1n) is 9.81. The number of methoxy groups -OCH3 is 2. The lowest BCUT2D eigenvalue weighted by Gasteiger charge is -2.14. The maximum atomic E-state index is 5.35. The minimum Gasteiger partial charge on any atom is -0.481 e. The van der Waals surface area contributed by atoms with E-state index in [1.165, 1.54) is 0 Å². The Morgan fingerprint density at radius 1 is 0.531 bits per heavy atom. The van der Waals surface area contributed by atoms with Crippen molar-refractivity contribution in [1.82, 2.24) is 19.9 Å². The van der Waals surface area contributed by atoms with Gasteiger partial charge in [-0.2, -0.15) is 19.9 Å². The van der Waals surface area contributed by atoms with E-state index in [1.807, 2.05) is 48.5 Å². The molecule has 2 aromatic carbocycles. The SMILES string of the molecule is COc1cc2nc(n1)Nc1cccc(c1)Nc1nc(cc(OC)n1)Nc1cccc(c1)N2. The van der Waals surface area contributed by atoms with Gasteiger partial charge in [-0.25, -0.2) is 0 Å². The van der Waals surface area contributed by atoms with Gasteiger partial charge in [0.25, 0.3) is 0 Å². The van der Waals surface area contributed by atoms with E-state index in [4.69, 9.17) is 9.47 Å². The van der Waals surface area contributed by atoms with Crippen molar-refractivity contribution in [1.29, 1.82) is 0 Å². The zero-order valence-electron chi connectivity index (χ0n) is 17.4. The number of anilines is 8. The molecule has 0 amide bonds. The summed E-state index contributed by atoms with van der Waals surface area (Å²) < 4.78 is 10.7. The van der Waals surface area contributed by atoms with Gasteiger partial charge in [-0.3, -0.25) is 0 Å². The molecule has 0 unspecified atom stereocenters. The minimum absolute atomic E-state index is 0.394. The number of benzene rings is 2. The number of nitrogens with zero attached hydrogens (tertiary/aromatic N) is 4. The molecule has 0 saturated carbocycles. The van der Waals surface area contributed by atoms with Gasteiger partial charge in [-0.1, -0.05) is 12.1 Å². The van der Waals surface area contributed by atoms with Gasteiger partial charge in [0, 0.05) is 34.9 Å². The van der Waals surface area contributed by atoms with Crippen molar-refractivity contribution in [2.24, 2.45) is 0 Å². The van der Waals surface area contributed by atoms with Gasteiger partial charge in [0.15, 0.2) is 0 Å². The second-order valence-electron chi connectivity index (χ2n) is 6.90. The molecule has 5 rings (SSSR count). The number of fused-ring (bicyclic) bond motifs is 8. The highest BCUT2D eigenvalue weighted by atomic mass is 16.5. The van der Waals surface area contributed by atoms with Crippen LogP contribution < -0.4 is 30.7 Å². The lowest BCUT2D eigenvalue weighted by Crippen LogP contribution is -2.05. The molecule has 0 saturated heterocycles. The molecular formula is C22H20N8O2. The predicted molar refractivity (Wildman–Crippen MR) is 123 cm³/mol. The number of aromatic nitrogens is 4. The van der Waals surface area contributed by atoms with Crippen molar-refractivity contribution in [3.63, 3.8) is 0 Å². The summed E-state index contributed by atoms with van der Waals surface area (Å²) in [5.74, 6) is 2.83. The molecule has 0 fully saturated rings. The normalized spacial score (nSPS) is 11.8. The fraction of sp³-hybridized carbons (Fsp3) is 0.0909. The highest BCUT2D eigenvalue weighted by molar-refractivity contribution is 5.70. The van der Waals surface area contributed by atoms with E-state index in [0.29, 0.717) is 35.3 Å². The zero-order chi connectivity index (χ0) is 21.9. The van der Waals surface area contributed by atoms with E-state index < -0.39 is 0 Å². The van der Waals surface area contributed by atoms with E-state index in [1.54, 1.807) is 26.4 Å². The second-order valence-corrected chi connectivity index (χ2v) is 6.90. The fourth-order valence-corrected chi connectivity index (χ4v) is 3.20. The van der Waals surface area contributed by atoms with E-state index in [0.717, 1.165) is 22.7 Å². The zero-order valence-corrected chi connectivity index (χ0v) is 17.4. The van der Waals surface area contributed by atoms with E-state index in [2.05, 4.69) is 41.2 Å². The Morgan fingerprint density at radius 2 is 0.938 bits per heavy atom. The van der Waals surface area contributed by atoms with Crippen LogP contribution in [0.5, 0.6) is 11.8 Å². The predicted octanol–water partition coefficient (Wildman–Crippen LogP) is 4.57. The molecule has 1 aliphatic heterocycles. The Morgan fingerprint density at radius 3 is 1.34 bits per heavy atom. The Balaban J connectivity index is 1.63. The standard InChI is InChI=1S/C22H20N8O2/c1-31-19-11-17-23-13-5-3-6-14(9-13)24-18-12-20(32-2)30-22(28-18)26-16-8-4-7-15(10-16)25-21(27-17)29-19/h3-12H,1-2H3,(H2,23,25,27,29)(H2,24,26,28,30). The van der Waals surface area contributed by atoms with Crippen LogP contribution in [-0.2, 0) is 0 Å². The summed E-state index contributed by atoms with van der Waals surface area (Å²) in [6, 6.07) is 18.8. The van der Waals surface area contributed by atoms with Crippen molar-refractivity contribution in [3.8, 4) is 11.8 Å². The van der Waals surface area contributed by atoms with Crippen LogP contribution >= 0.6 is 0 Å². The maximum Gasteiger partial charge on any atom is 0.232 e. The average Bonchev–Trinajstić information content (AvgIpc) is 2.78. The molecule has 4 N–H and O–H groups in total. The van der Waals surface area contributed by atoms with Crippen molar-refractivity contribution in [2.75, 3.05) is 35.5 Å². The highest BCUT2D eigenvalue weighted by Gasteiger charge is 2.10. The monoisotopic (exact) mass is 428 g/mol. The molecule has 10 heteroatoms. The van der Waals surface area contributed by atoms with Crippen molar-refractivity contribution >= 4 is 46.3 Å². The van der Waals surface area contributed by atoms with Crippen LogP contribution in [0.25, 0.3) is 0 Å². The third-order valence-corrected chi connectivity index (χ3v) is 4.61. The number of rotatable bonds is 2. The first-order chi connectivity index (χ1) is 15.7. The van der Waals surface area contributed by atoms with Crippen LogP contribution in [0.2, 0.25) is 0 Å². The molecule has 1 aliphatic rings. The molecule has 0 atom stereocenters. The molecule has 2 aromatic heterocycles. The van der Waals surface area contributed by atoms with Gasteiger partial charge < -0.3 is 30.7 Å². The first kappa shape index (κ1) is 19.4. The van der Waals surface area contributed by atoms with Gasteiger partial charge in [-0.05, 0) is 36.4 Å². The summed E-state index contributed by atoms with van der Waals surface area (Å²) in [5, 5.41) is 13.0. The summed E-state index contributed by atoms with van der Waals surface area (Å²) in [6.45, 7) is 0. The Hall–Kier alpha value is -4.60. The average molecular weight is 428 g/mol. The molecule has 0 spiro atoms. The van der Waals surface area contributed by atoms with Gasteiger partial charge in [-0.15, -0.1) is 0 Å². The molecular weight excluding hydrogens is 408 g/mol. The molecule has 3 heterocycles. The number of ether oxygens (including phenoxy) is 2. The van der Waals surface area contributed by atoms with E-state index >= 15 is 0 Å². The van der Waals surface area contributed by atoms with Gasteiger partial charge >= 0.3 is 0 Å². The van der Waals surface area contributed by atoms with Crippen molar-refractivity contribution < 1.29 is 9.47 Å². The Labute approximate surface area is 184 Å². The smallest absolute Gasteiger partial charge is 0.232 e. The summed E-state index contributed by atoms with van der Waals surface area (Å²) >= 11 is 0. The van der Waals surface area contributed by atoms with Gasteiger partial charge in [0.1, 0.15) is 11.6 Å². The third kappa shape index (κ3) is 4.29. The molecule has 160 valence electrons. The highest BCUT2D eigenvalue weighted by Crippen LogP contribution is 2.28. The number of nitrogens with one attached hydrogen (secondary N) is 4. The Bertz CT molecular complexity index is 1100. The van der Waals surface area contributed by atoms with Crippen LogP contribution in [0.3, 0.4) is 0 Å². The molecule has 0 radical (unpaired) electrons. The molecule has 8 bridgehead atoms. The Kier molecular flexibility index (Phi) is 5.00. The largest absolute Gasteiger partial charge is 0.481 e. The number of hydrogen-bond acceptors (Lipinski definition) is 10. The van der Waals surface area contributed by atoms with Crippen LogP contribution in [-0.4, -0.2) is 34.2 Å². The van der Waals surface area contributed by atoms with Crippen LogP contribution in [0, 0.1) is 0 Å². The topological polar surface area (TPSA) is 118 Å². The van der Waals surface area contributed by atoms with Crippen molar-refractivity contribution in [2.45, 2.75) is 0 Å². The minimum atomic E-state index is 0.394. The fourth-order valence-electron chi connectivity index (χ4n) is 3.20. The van der Waals surface area contributed by atoms with Gasteiger partial charge in [0.05, 0.1) is 14.2 Å². The second kappa shape index (κ2) is 8.26. The summed E-state index contributed by atoms with van der Waals surface area (Å²) in [6.07, 6.45) is 0. The summed E-state index contributed by atoms with van der Waals surface area (Å²) in [7, 11) is 3.14. The van der Waals surface area contributed by atoms with Crippen LogP contribution in [0.4, 0.5) is 46.3 Å². The molecule has 32 heavy (non-hydrogen) atoms. The summed E-state index contributed by atoms with van der Waals surface area (Å²) in [5.41, 5.74) is 3.22. The number of hydrogen-bond donors (Lipinski definition) is 4. The molecule has 0 aliphatic carbocycles. The lowest BCUT2D eigenvalue weighted by atomic mass is 10.2. The molecule has 4 aromatic rings. The van der Waals surface area contributed by atoms with Crippen molar-refractivity contribution in [3.05, 3.63) is 60.7 Å². The lowest BCUT2D eigenvalue weighted by molar-refractivity contribution is 0.398.